The third-order valence-electron chi connectivity index (χ3n) is 2.70. The van der Waals surface area contributed by atoms with Crippen molar-refractivity contribution in [1.29, 1.82) is 5.26 Å². The van der Waals surface area contributed by atoms with E-state index < -0.39 is 0 Å². The standard InChI is InChI=1S/C14H9ClN4OS/c15-10-1-3-12(4-2-10)21-8-13-18-14(20-19-13)9-5-11(6-16)17-7-9/h1-5,7,17H,8H2. The van der Waals surface area contributed by atoms with E-state index >= 15 is 0 Å². The Hall–Kier alpha value is -2.23. The van der Waals surface area contributed by atoms with Crippen molar-refractivity contribution < 1.29 is 4.52 Å². The zero-order valence-corrected chi connectivity index (χ0v) is 12.3. The maximum atomic E-state index is 8.77. The molecular formula is C14H9ClN4OS. The first-order valence-electron chi connectivity index (χ1n) is 6.04. The first kappa shape index (κ1) is 13.7. The lowest BCUT2D eigenvalue weighted by Crippen LogP contribution is -1.83. The minimum absolute atomic E-state index is 0.402. The van der Waals surface area contributed by atoms with E-state index in [1.54, 1.807) is 24.0 Å². The van der Waals surface area contributed by atoms with Crippen molar-refractivity contribution in [3.8, 4) is 17.5 Å². The molecule has 0 aliphatic heterocycles. The van der Waals surface area contributed by atoms with Gasteiger partial charge in [0.15, 0.2) is 5.82 Å². The van der Waals surface area contributed by atoms with Crippen LogP contribution in [0, 0.1) is 11.3 Å². The van der Waals surface area contributed by atoms with Crippen molar-refractivity contribution in [2.24, 2.45) is 0 Å². The monoisotopic (exact) mass is 316 g/mol. The SMILES string of the molecule is N#Cc1cc(-c2nc(CSc3ccc(Cl)cc3)no2)c[nH]1. The van der Waals surface area contributed by atoms with Crippen LogP contribution < -0.4 is 0 Å². The molecule has 104 valence electrons. The lowest BCUT2D eigenvalue weighted by atomic mass is 10.3. The topological polar surface area (TPSA) is 78.5 Å². The predicted octanol–water partition coefficient (Wildman–Crippen LogP) is 3.88. The molecule has 0 fully saturated rings. The zero-order valence-electron chi connectivity index (χ0n) is 10.7. The quantitative estimate of drug-likeness (QED) is 0.739. The smallest absolute Gasteiger partial charge is 0.259 e. The molecule has 5 nitrogen and oxygen atoms in total. The summed E-state index contributed by atoms with van der Waals surface area (Å²) in [6.07, 6.45) is 1.67. The minimum atomic E-state index is 0.402. The molecule has 0 atom stereocenters. The van der Waals surface area contributed by atoms with Crippen LogP contribution in [0.2, 0.25) is 5.02 Å². The molecule has 0 saturated carbocycles. The molecule has 0 bridgehead atoms. The van der Waals surface area contributed by atoms with Gasteiger partial charge in [-0.2, -0.15) is 10.2 Å². The second-order valence-corrected chi connectivity index (χ2v) is 5.66. The Morgan fingerprint density at radius 3 is 2.86 bits per heavy atom. The number of hydrogen-bond donors (Lipinski definition) is 1. The summed E-state index contributed by atoms with van der Waals surface area (Å²) in [5.74, 6) is 1.60. The van der Waals surface area contributed by atoms with Gasteiger partial charge in [0.05, 0.1) is 11.3 Å². The van der Waals surface area contributed by atoms with Gasteiger partial charge in [-0.25, -0.2) is 0 Å². The Morgan fingerprint density at radius 2 is 2.14 bits per heavy atom. The maximum Gasteiger partial charge on any atom is 0.259 e. The number of nitrogens with one attached hydrogen (secondary N) is 1. The Morgan fingerprint density at radius 1 is 1.33 bits per heavy atom. The fraction of sp³-hybridized carbons (Fsp3) is 0.0714. The van der Waals surface area contributed by atoms with Gasteiger partial charge in [0.25, 0.3) is 5.89 Å². The number of rotatable bonds is 4. The molecule has 0 amide bonds. The largest absolute Gasteiger partial charge is 0.352 e. The van der Waals surface area contributed by atoms with Crippen LogP contribution in [0.15, 0.2) is 45.9 Å². The van der Waals surface area contributed by atoms with Crippen molar-refractivity contribution >= 4 is 23.4 Å². The summed E-state index contributed by atoms with van der Waals surface area (Å²) in [7, 11) is 0. The molecule has 1 N–H and O–H groups in total. The summed E-state index contributed by atoms with van der Waals surface area (Å²) >= 11 is 7.44. The molecular weight excluding hydrogens is 308 g/mol. The first-order chi connectivity index (χ1) is 10.2. The fourth-order valence-electron chi connectivity index (χ4n) is 1.69. The Balaban J connectivity index is 1.68. The summed E-state index contributed by atoms with van der Waals surface area (Å²) in [5.41, 5.74) is 1.17. The number of halogens is 1. The molecule has 0 aliphatic rings. The highest BCUT2D eigenvalue weighted by molar-refractivity contribution is 7.98. The highest BCUT2D eigenvalue weighted by atomic mass is 35.5. The molecule has 3 aromatic rings. The molecule has 7 heteroatoms. The summed E-state index contributed by atoms with van der Waals surface area (Å²) in [6.45, 7) is 0. The Labute approximate surface area is 129 Å². The lowest BCUT2D eigenvalue weighted by molar-refractivity contribution is 0.425. The van der Waals surface area contributed by atoms with Crippen LogP contribution in [-0.2, 0) is 5.75 Å². The van der Waals surface area contributed by atoms with E-state index in [0.717, 1.165) is 4.90 Å². The number of H-pyrrole nitrogens is 1. The van der Waals surface area contributed by atoms with E-state index in [4.69, 9.17) is 21.4 Å². The summed E-state index contributed by atoms with van der Waals surface area (Å²) < 4.78 is 5.19. The molecule has 0 radical (unpaired) electrons. The van der Waals surface area contributed by atoms with Gasteiger partial charge in [0.2, 0.25) is 0 Å². The predicted molar refractivity (Wildman–Crippen MR) is 79.8 cm³/mol. The number of thioether (sulfide) groups is 1. The minimum Gasteiger partial charge on any atom is -0.352 e. The van der Waals surface area contributed by atoms with E-state index in [2.05, 4.69) is 15.1 Å². The van der Waals surface area contributed by atoms with E-state index in [-0.39, 0.29) is 0 Å². The van der Waals surface area contributed by atoms with Crippen molar-refractivity contribution in [2.75, 3.05) is 0 Å². The fourth-order valence-corrected chi connectivity index (χ4v) is 2.56. The molecule has 3 rings (SSSR count). The maximum absolute atomic E-state index is 8.77. The van der Waals surface area contributed by atoms with Gasteiger partial charge in [0, 0.05) is 16.1 Å². The van der Waals surface area contributed by atoms with Gasteiger partial charge >= 0.3 is 0 Å². The van der Waals surface area contributed by atoms with Crippen LogP contribution in [0.4, 0.5) is 0 Å². The average Bonchev–Trinajstić information content (AvgIpc) is 3.15. The molecule has 2 aromatic heterocycles. The normalized spacial score (nSPS) is 10.5. The van der Waals surface area contributed by atoms with Gasteiger partial charge in [-0.15, -0.1) is 11.8 Å². The van der Waals surface area contributed by atoms with Crippen LogP contribution in [0.1, 0.15) is 11.5 Å². The van der Waals surface area contributed by atoms with Crippen molar-refractivity contribution in [1.82, 2.24) is 15.1 Å². The molecule has 0 aliphatic carbocycles. The van der Waals surface area contributed by atoms with Gasteiger partial charge in [-0.05, 0) is 30.3 Å². The molecule has 2 heterocycles. The van der Waals surface area contributed by atoms with E-state index in [9.17, 15) is 0 Å². The van der Waals surface area contributed by atoms with Gasteiger partial charge < -0.3 is 9.51 Å². The van der Waals surface area contributed by atoms with Crippen LogP contribution in [-0.4, -0.2) is 15.1 Å². The highest BCUT2D eigenvalue weighted by Crippen LogP contribution is 2.24. The van der Waals surface area contributed by atoms with Crippen molar-refractivity contribution in [2.45, 2.75) is 10.6 Å². The Bertz CT molecular complexity index is 788. The zero-order chi connectivity index (χ0) is 14.7. The number of nitrogens with zero attached hydrogens (tertiary/aromatic N) is 3. The van der Waals surface area contributed by atoms with Crippen LogP contribution >= 0.6 is 23.4 Å². The number of aromatic amines is 1. The van der Waals surface area contributed by atoms with Gasteiger partial charge in [-0.1, -0.05) is 16.8 Å². The van der Waals surface area contributed by atoms with E-state index in [1.807, 2.05) is 30.3 Å². The number of nitriles is 1. The summed E-state index contributed by atoms with van der Waals surface area (Å²) in [6, 6.07) is 11.3. The molecule has 21 heavy (non-hydrogen) atoms. The second-order valence-electron chi connectivity index (χ2n) is 4.17. The first-order valence-corrected chi connectivity index (χ1v) is 7.41. The van der Waals surface area contributed by atoms with Crippen LogP contribution in [0.25, 0.3) is 11.5 Å². The van der Waals surface area contributed by atoms with Crippen LogP contribution in [0.5, 0.6) is 0 Å². The molecule has 0 spiro atoms. The molecule has 1 aromatic carbocycles. The van der Waals surface area contributed by atoms with Crippen molar-refractivity contribution in [3.63, 3.8) is 0 Å². The van der Waals surface area contributed by atoms with Gasteiger partial charge in [-0.3, -0.25) is 0 Å². The van der Waals surface area contributed by atoms with Crippen LogP contribution in [0.3, 0.4) is 0 Å². The van der Waals surface area contributed by atoms with Crippen molar-refractivity contribution in [3.05, 3.63) is 53.1 Å². The second kappa shape index (κ2) is 6.04. The highest BCUT2D eigenvalue weighted by Gasteiger charge is 2.11. The van der Waals surface area contributed by atoms with E-state index in [0.29, 0.717) is 33.7 Å². The Kier molecular flexibility index (Phi) is 3.95. The third kappa shape index (κ3) is 3.27. The lowest BCUT2D eigenvalue weighted by Gasteiger charge is -1.97. The van der Waals surface area contributed by atoms with E-state index in [1.165, 1.54) is 0 Å². The van der Waals surface area contributed by atoms with Gasteiger partial charge in [0.1, 0.15) is 11.8 Å². The summed E-state index contributed by atoms with van der Waals surface area (Å²) in [4.78, 5) is 8.21. The number of hydrogen-bond acceptors (Lipinski definition) is 5. The average molecular weight is 317 g/mol. The number of benzene rings is 1. The summed E-state index contributed by atoms with van der Waals surface area (Å²) in [5, 5.41) is 13.4. The molecule has 0 unspecified atom stereocenters. The number of aromatic nitrogens is 3. The molecule has 0 saturated heterocycles. The third-order valence-corrected chi connectivity index (χ3v) is 3.96.